The van der Waals surface area contributed by atoms with Crippen molar-refractivity contribution in [2.45, 2.75) is 70.9 Å². The molecule has 3 aliphatic rings. The van der Waals surface area contributed by atoms with Gasteiger partial charge in [0.05, 0.1) is 0 Å². The fourth-order valence-corrected chi connectivity index (χ4v) is 6.75. The van der Waals surface area contributed by atoms with Gasteiger partial charge in [-0.1, -0.05) is 13.0 Å². The molecule has 0 bridgehead atoms. The molecule has 0 aliphatic heterocycles. The number of aryl methyl sites for hydroxylation is 2. The van der Waals surface area contributed by atoms with Gasteiger partial charge < -0.3 is 9.84 Å². The number of hydrogen-bond donors (Lipinski definition) is 1. The van der Waals surface area contributed by atoms with Gasteiger partial charge in [-0.05, 0) is 92.5 Å². The number of aromatic nitrogens is 1. The fraction of sp³-hybridized carbons (Fsp3) is 0.538. The summed E-state index contributed by atoms with van der Waals surface area (Å²) >= 11 is 0. The fourth-order valence-electron chi connectivity index (χ4n) is 6.75. The van der Waals surface area contributed by atoms with Gasteiger partial charge in [-0.25, -0.2) is 9.36 Å². The third-order valence-electron chi connectivity index (χ3n) is 8.33. The average Bonchev–Trinajstić information content (AvgIpc) is 3.09. The second kappa shape index (κ2) is 7.40. The number of aromatic hydroxyl groups is 1. The van der Waals surface area contributed by atoms with E-state index in [0.29, 0.717) is 29.1 Å². The first-order valence-electron chi connectivity index (χ1n) is 11.5. The highest BCUT2D eigenvalue weighted by molar-refractivity contribution is 5.88. The van der Waals surface area contributed by atoms with Crippen LogP contribution in [0.2, 0.25) is 0 Å². The van der Waals surface area contributed by atoms with Crippen molar-refractivity contribution < 1.29 is 19.2 Å². The highest BCUT2D eigenvalue weighted by Gasteiger charge is 2.56. The Balaban J connectivity index is 1.35. The number of nitrogens with zero attached hydrogens (tertiary/aromatic N) is 1. The zero-order chi connectivity index (χ0) is 20.9. The third-order valence-corrected chi connectivity index (χ3v) is 8.33. The van der Waals surface area contributed by atoms with Crippen LogP contribution in [0.15, 0.2) is 42.7 Å². The molecule has 1 N–H and O–H groups in total. The lowest BCUT2D eigenvalue weighted by Gasteiger charge is -2.50. The Hall–Kier alpha value is -2.36. The van der Waals surface area contributed by atoms with Crippen LogP contribution in [-0.2, 0) is 17.7 Å². The first kappa shape index (κ1) is 19.6. The van der Waals surface area contributed by atoms with Gasteiger partial charge in [-0.2, -0.15) is 0 Å². The number of carbonyl (C=O) groups excluding carboxylic acids is 1. The van der Waals surface area contributed by atoms with Gasteiger partial charge in [0, 0.05) is 11.5 Å². The lowest BCUT2D eigenvalue weighted by Crippen LogP contribution is -2.45. The Morgan fingerprint density at radius 2 is 2.10 bits per heavy atom. The van der Waals surface area contributed by atoms with E-state index in [1.807, 2.05) is 41.2 Å². The number of esters is 1. The molecule has 1 aromatic heterocycles. The molecule has 5 rings (SSSR count). The van der Waals surface area contributed by atoms with Gasteiger partial charge in [-0.15, -0.1) is 0 Å². The summed E-state index contributed by atoms with van der Waals surface area (Å²) < 4.78 is 8.16. The molecule has 0 saturated heterocycles. The molecule has 30 heavy (non-hydrogen) atoms. The van der Waals surface area contributed by atoms with E-state index in [1.54, 1.807) is 0 Å². The lowest BCUT2D eigenvalue weighted by molar-refractivity contribution is -0.693. The molecule has 5 atom stereocenters. The van der Waals surface area contributed by atoms with E-state index in [0.717, 1.165) is 38.6 Å². The maximum atomic E-state index is 12.9. The number of phenols is 1. The van der Waals surface area contributed by atoms with Gasteiger partial charge >= 0.3 is 5.97 Å². The standard InChI is InChI=1S/C26H31NO3/c1-3-27-14-4-5-18(16-27)25(29)30-24-11-10-23-22-8-6-17-15-19(28)7-9-20(17)21(22)12-13-26(23,24)2/h4-5,7,9,14-16,21-24H,3,6,8,10-13H2,1-2H3/p+1/t21-,22-,23+,24+,26+/m1/s1. The summed E-state index contributed by atoms with van der Waals surface area (Å²) in [6.07, 6.45) is 10.5. The maximum Gasteiger partial charge on any atom is 0.344 e. The smallest absolute Gasteiger partial charge is 0.344 e. The molecule has 2 aromatic rings. The third kappa shape index (κ3) is 3.12. The predicted molar refractivity (Wildman–Crippen MR) is 114 cm³/mol. The van der Waals surface area contributed by atoms with E-state index in [9.17, 15) is 9.90 Å². The maximum absolute atomic E-state index is 12.9. The molecule has 1 aromatic carbocycles. The molecule has 0 radical (unpaired) electrons. The minimum Gasteiger partial charge on any atom is -0.508 e. The highest BCUT2D eigenvalue weighted by atomic mass is 16.5. The summed E-state index contributed by atoms with van der Waals surface area (Å²) in [5.74, 6) is 2.04. The molecular weight excluding hydrogens is 374 g/mol. The Kier molecular flexibility index (Phi) is 4.83. The van der Waals surface area contributed by atoms with Crippen molar-refractivity contribution in [1.29, 1.82) is 0 Å². The monoisotopic (exact) mass is 406 g/mol. The van der Waals surface area contributed by atoms with Gasteiger partial charge in [0.15, 0.2) is 12.4 Å². The van der Waals surface area contributed by atoms with Crippen LogP contribution in [0, 0.1) is 17.3 Å². The highest BCUT2D eigenvalue weighted by Crippen LogP contribution is 2.61. The molecule has 4 nitrogen and oxygen atoms in total. The van der Waals surface area contributed by atoms with E-state index in [4.69, 9.17) is 4.74 Å². The minimum atomic E-state index is -0.184. The van der Waals surface area contributed by atoms with Crippen LogP contribution in [0.3, 0.4) is 0 Å². The summed E-state index contributed by atoms with van der Waals surface area (Å²) in [6, 6.07) is 9.72. The van der Waals surface area contributed by atoms with Gasteiger partial charge in [0.25, 0.3) is 0 Å². The van der Waals surface area contributed by atoms with Crippen LogP contribution >= 0.6 is 0 Å². The number of fused-ring (bicyclic) bond motifs is 5. The topological polar surface area (TPSA) is 50.4 Å². The van der Waals surface area contributed by atoms with Crippen LogP contribution in [0.4, 0.5) is 0 Å². The van der Waals surface area contributed by atoms with Crippen molar-refractivity contribution in [3.05, 3.63) is 59.4 Å². The second-order valence-electron chi connectivity index (χ2n) is 9.74. The van der Waals surface area contributed by atoms with Crippen LogP contribution in [0.5, 0.6) is 5.75 Å². The lowest BCUT2D eigenvalue weighted by atomic mass is 9.55. The van der Waals surface area contributed by atoms with Crippen molar-refractivity contribution in [2.75, 3.05) is 0 Å². The van der Waals surface area contributed by atoms with E-state index >= 15 is 0 Å². The van der Waals surface area contributed by atoms with Gasteiger partial charge in [-0.3, -0.25) is 0 Å². The van der Waals surface area contributed by atoms with Crippen LogP contribution < -0.4 is 4.57 Å². The van der Waals surface area contributed by atoms with Gasteiger partial charge in [0.1, 0.15) is 24.0 Å². The molecule has 0 amide bonds. The van der Waals surface area contributed by atoms with E-state index in [1.165, 1.54) is 17.5 Å². The SMILES string of the molecule is CC[n+]1cccc(C(=O)O[C@H]2CC[C@H]3[C@@H]4CCc5cc(O)ccc5[C@H]4CC[C@]23C)c1. The zero-order valence-corrected chi connectivity index (χ0v) is 18.0. The number of hydrogen-bond acceptors (Lipinski definition) is 3. The predicted octanol–water partition coefficient (Wildman–Crippen LogP) is 4.78. The molecular formula is C26H32NO3+. The number of rotatable bonds is 3. The molecule has 2 fully saturated rings. The summed E-state index contributed by atoms with van der Waals surface area (Å²) in [5, 5.41) is 9.87. The molecule has 2 saturated carbocycles. The number of ether oxygens (including phenoxy) is 1. The first-order chi connectivity index (χ1) is 14.5. The molecule has 0 spiro atoms. The zero-order valence-electron chi connectivity index (χ0n) is 18.0. The van der Waals surface area contributed by atoms with Crippen LogP contribution in [0.1, 0.15) is 73.4 Å². The van der Waals surface area contributed by atoms with E-state index in [-0.39, 0.29) is 17.5 Å². The van der Waals surface area contributed by atoms with Crippen LogP contribution in [-0.4, -0.2) is 17.2 Å². The second-order valence-corrected chi connectivity index (χ2v) is 9.74. The van der Waals surface area contributed by atoms with Crippen LogP contribution in [0.25, 0.3) is 0 Å². The Morgan fingerprint density at radius 1 is 1.23 bits per heavy atom. The number of phenolic OH excluding ortho intramolecular Hbond substituents is 1. The van der Waals surface area contributed by atoms with Crippen molar-refractivity contribution in [3.8, 4) is 5.75 Å². The molecule has 0 unspecified atom stereocenters. The van der Waals surface area contributed by atoms with E-state index in [2.05, 4.69) is 19.9 Å². The average molecular weight is 407 g/mol. The van der Waals surface area contributed by atoms with Gasteiger partial charge in [0.2, 0.25) is 0 Å². The van der Waals surface area contributed by atoms with Crippen molar-refractivity contribution in [1.82, 2.24) is 0 Å². The summed E-state index contributed by atoms with van der Waals surface area (Å²) in [7, 11) is 0. The quantitative estimate of drug-likeness (QED) is 0.589. The molecule has 4 heteroatoms. The molecule has 3 aliphatic carbocycles. The number of carbonyl (C=O) groups is 1. The summed E-state index contributed by atoms with van der Waals surface area (Å²) in [4.78, 5) is 12.9. The summed E-state index contributed by atoms with van der Waals surface area (Å²) in [6.45, 7) is 5.27. The van der Waals surface area contributed by atoms with E-state index < -0.39 is 0 Å². The van der Waals surface area contributed by atoms with Crippen molar-refractivity contribution >= 4 is 5.97 Å². The molecule has 158 valence electrons. The Morgan fingerprint density at radius 3 is 2.93 bits per heavy atom. The molecule has 1 heterocycles. The normalized spacial score (nSPS) is 32.1. The Bertz CT molecular complexity index is 971. The van der Waals surface area contributed by atoms with Crippen molar-refractivity contribution in [2.24, 2.45) is 17.3 Å². The minimum absolute atomic E-state index is 0.00690. The summed E-state index contributed by atoms with van der Waals surface area (Å²) in [5.41, 5.74) is 3.49. The number of benzene rings is 1. The Labute approximate surface area is 178 Å². The largest absolute Gasteiger partial charge is 0.508 e. The van der Waals surface area contributed by atoms with Crippen molar-refractivity contribution in [3.63, 3.8) is 0 Å². The number of pyridine rings is 1. The first-order valence-corrected chi connectivity index (χ1v) is 11.5.